The van der Waals surface area contributed by atoms with Crippen molar-refractivity contribution in [2.45, 2.75) is 25.5 Å². The Morgan fingerprint density at radius 2 is 1.60 bits per heavy atom. The minimum Gasteiger partial charge on any atom is -0.494 e. The Hall–Kier alpha value is -3.20. The van der Waals surface area contributed by atoms with Gasteiger partial charge in [-0.15, -0.1) is 15.3 Å². The molecular formula is C21H22N6O2S. The second-order valence-corrected chi connectivity index (χ2v) is 7.73. The SMILES string of the molecule is CCOc1ccc(OCCSc2nnc3n2nc2n(CC)c4ccccc4n23)cc1. The van der Waals surface area contributed by atoms with Crippen LogP contribution in [0.1, 0.15) is 13.8 Å². The summed E-state index contributed by atoms with van der Waals surface area (Å²) in [5.74, 6) is 4.01. The summed E-state index contributed by atoms with van der Waals surface area (Å²) in [6.07, 6.45) is 0. The van der Waals surface area contributed by atoms with Crippen LogP contribution in [0.15, 0.2) is 53.7 Å². The summed E-state index contributed by atoms with van der Waals surface area (Å²) < 4.78 is 17.3. The van der Waals surface area contributed by atoms with Crippen LogP contribution < -0.4 is 9.47 Å². The minimum absolute atomic E-state index is 0.561. The van der Waals surface area contributed by atoms with Crippen LogP contribution in [0.3, 0.4) is 0 Å². The number of aromatic nitrogens is 6. The Morgan fingerprint density at radius 1 is 0.867 bits per heavy atom. The molecule has 5 aromatic rings. The van der Waals surface area contributed by atoms with Gasteiger partial charge < -0.3 is 14.0 Å². The average molecular weight is 423 g/mol. The molecule has 0 aliphatic carbocycles. The van der Waals surface area contributed by atoms with Gasteiger partial charge in [0.05, 0.1) is 24.2 Å². The Bertz CT molecular complexity index is 1300. The first-order valence-corrected chi connectivity index (χ1v) is 11.0. The molecule has 0 saturated carbocycles. The van der Waals surface area contributed by atoms with Crippen LogP contribution >= 0.6 is 11.8 Å². The van der Waals surface area contributed by atoms with Crippen LogP contribution in [0.25, 0.3) is 22.6 Å². The molecule has 5 rings (SSSR count). The highest BCUT2D eigenvalue weighted by atomic mass is 32.2. The summed E-state index contributed by atoms with van der Waals surface area (Å²) in [5.41, 5.74) is 2.23. The minimum atomic E-state index is 0.561. The van der Waals surface area contributed by atoms with Crippen LogP contribution in [-0.2, 0) is 6.54 Å². The Morgan fingerprint density at radius 3 is 2.33 bits per heavy atom. The van der Waals surface area contributed by atoms with Crippen molar-refractivity contribution in [1.82, 2.24) is 28.8 Å². The van der Waals surface area contributed by atoms with E-state index in [1.54, 1.807) is 11.8 Å². The third kappa shape index (κ3) is 3.15. The lowest BCUT2D eigenvalue weighted by Crippen LogP contribution is -2.01. The van der Waals surface area contributed by atoms with E-state index in [1.165, 1.54) is 0 Å². The molecule has 0 spiro atoms. The van der Waals surface area contributed by atoms with E-state index in [2.05, 4.69) is 38.2 Å². The number of hydrogen-bond acceptors (Lipinski definition) is 6. The van der Waals surface area contributed by atoms with Gasteiger partial charge in [-0.3, -0.25) is 0 Å². The highest BCUT2D eigenvalue weighted by Crippen LogP contribution is 2.25. The number of rotatable bonds is 8. The summed E-state index contributed by atoms with van der Waals surface area (Å²) in [4.78, 5) is 0. The van der Waals surface area contributed by atoms with Crippen LogP contribution in [0.5, 0.6) is 11.5 Å². The van der Waals surface area contributed by atoms with E-state index < -0.39 is 0 Å². The second-order valence-electron chi connectivity index (χ2n) is 6.66. The zero-order chi connectivity index (χ0) is 20.5. The molecule has 0 fully saturated rings. The maximum absolute atomic E-state index is 5.82. The quantitative estimate of drug-likeness (QED) is 0.279. The van der Waals surface area contributed by atoms with Crippen molar-refractivity contribution in [3.05, 3.63) is 48.5 Å². The molecule has 0 amide bonds. The molecule has 0 unspecified atom stereocenters. The molecule has 2 aromatic carbocycles. The van der Waals surface area contributed by atoms with E-state index in [-0.39, 0.29) is 0 Å². The molecule has 0 aliphatic heterocycles. The number of nitrogens with zero attached hydrogens (tertiary/aromatic N) is 6. The lowest BCUT2D eigenvalue weighted by molar-refractivity contribution is 0.332. The number of aryl methyl sites for hydroxylation is 1. The number of ether oxygens (including phenoxy) is 2. The van der Waals surface area contributed by atoms with E-state index in [0.717, 1.165) is 51.5 Å². The zero-order valence-electron chi connectivity index (χ0n) is 16.9. The van der Waals surface area contributed by atoms with Crippen molar-refractivity contribution < 1.29 is 9.47 Å². The van der Waals surface area contributed by atoms with Gasteiger partial charge in [-0.1, -0.05) is 23.9 Å². The largest absolute Gasteiger partial charge is 0.494 e. The van der Waals surface area contributed by atoms with E-state index in [1.807, 2.05) is 47.8 Å². The fraction of sp³-hybridized carbons (Fsp3) is 0.286. The molecule has 3 aromatic heterocycles. The lowest BCUT2D eigenvalue weighted by atomic mass is 10.3. The normalized spacial score (nSPS) is 11.7. The van der Waals surface area contributed by atoms with Crippen molar-refractivity contribution in [3.8, 4) is 11.5 Å². The molecule has 0 N–H and O–H groups in total. The predicted octanol–water partition coefficient (Wildman–Crippen LogP) is 3.92. The van der Waals surface area contributed by atoms with Gasteiger partial charge >= 0.3 is 0 Å². The van der Waals surface area contributed by atoms with E-state index >= 15 is 0 Å². The number of hydrogen-bond donors (Lipinski definition) is 0. The molecule has 0 aliphatic rings. The molecule has 0 radical (unpaired) electrons. The van der Waals surface area contributed by atoms with Gasteiger partial charge in [-0.25, -0.2) is 4.40 Å². The molecule has 0 atom stereocenters. The topological polar surface area (TPSA) is 70.9 Å². The molecule has 0 saturated heterocycles. The monoisotopic (exact) mass is 422 g/mol. The smallest absolute Gasteiger partial charge is 0.260 e. The molecule has 9 heteroatoms. The van der Waals surface area contributed by atoms with Gasteiger partial charge in [0.15, 0.2) is 0 Å². The maximum atomic E-state index is 5.82. The standard InChI is InChI=1S/C21H22N6O2S/c1-3-25-17-7-5-6-8-18(17)26-19-22-23-21(27(19)24-20(25)26)30-14-13-29-16-11-9-15(10-12-16)28-4-2/h5-12H,3-4,13-14H2,1-2H3. The number of fused-ring (bicyclic) bond motifs is 5. The third-order valence-electron chi connectivity index (χ3n) is 4.87. The lowest BCUT2D eigenvalue weighted by Gasteiger charge is -2.07. The number of benzene rings is 2. The van der Waals surface area contributed by atoms with E-state index in [4.69, 9.17) is 14.6 Å². The first-order chi connectivity index (χ1) is 14.8. The Kier molecular flexibility index (Phi) is 4.96. The number of thioether (sulfide) groups is 1. The van der Waals surface area contributed by atoms with E-state index in [9.17, 15) is 0 Å². The zero-order valence-corrected chi connectivity index (χ0v) is 17.7. The molecule has 3 heterocycles. The Balaban J connectivity index is 1.32. The second kappa shape index (κ2) is 7.91. The van der Waals surface area contributed by atoms with Crippen LogP contribution in [-0.4, -0.2) is 47.7 Å². The maximum Gasteiger partial charge on any atom is 0.260 e. The average Bonchev–Trinajstić information content (AvgIpc) is 3.42. The van der Waals surface area contributed by atoms with Gasteiger partial charge in [-0.05, 0) is 50.2 Å². The highest BCUT2D eigenvalue weighted by Gasteiger charge is 2.19. The molecule has 154 valence electrons. The molecule has 30 heavy (non-hydrogen) atoms. The van der Waals surface area contributed by atoms with Gasteiger partial charge in [0.2, 0.25) is 10.9 Å². The van der Waals surface area contributed by atoms with E-state index in [0.29, 0.717) is 13.2 Å². The van der Waals surface area contributed by atoms with Gasteiger partial charge in [0, 0.05) is 12.3 Å². The molecule has 0 bridgehead atoms. The van der Waals surface area contributed by atoms with Crippen LogP contribution in [0, 0.1) is 0 Å². The predicted molar refractivity (Wildman–Crippen MR) is 117 cm³/mol. The molecular weight excluding hydrogens is 400 g/mol. The van der Waals surface area contributed by atoms with Crippen molar-refractivity contribution in [2.75, 3.05) is 19.0 Å². The first kappa shape index (κ1) is 18.8. The summed E-state index contributed by atoms with van der Waals surface area (Å²) in [5, 5.41) is 14.3. The summed E-state index contributed by atoms with van der Waals surface area (Å²) >= 11 is 1.58. The summed E-state index contributed by atoms with van der Waals surface area (Å²) in [6, 6.07) is 15.9. The van der Waals surface area contributed by atoms with Crippen LogP contribution in [0.2, 0.25) is 0 Å². The summed E-state index contributed by atoms with van der Waals surface area (Å²) in [7, 11) is 0. The fourth-order valence-electron chi connectivity index (χ4n) is 3.58. The molecule has 8 nitrogen and oxygen atoms in total. The van der Waals surface area contributed by atoms with Crippen molar-refractivity contribution in [1.29, 1.82) is 0 Å². The van der Waals surface area contributed by atoms with Crippen molar-refractivity contribution in [2.24, 2.45) is 0 Å². The highest BCUT2D eigenvalue weighted by molar-refractivity contribution is 7.99. The van der Waals surface area contributed by atoms with Gasteiger partial charge in [-0.2, -0.15) is 4.52 Å². The van der Waals surface area contributed by atoms with Crippen molar-refractivity contribution >= 4 is 34.4 Å². The Labute approximate surface area is 177 Å². The van der Waals surface area contributed by atoms with Gasteiger partial charge in [0.1, 0.15) is 11.5 Å². The van der Waals surface area contributed by atoms with Crippen LogP contribution in [0.4, 0.5) is 0 Å². The number of imidazole rings is 1. The van der Waals surface area contributed by atoms with Crippen molar-refractivity contribution in [3.63, 3.8) is 0 Å². The van der Waals surface area contributed by atoms with Gasteiger partial charge in [0.25, 0.3) is 5.78 Å². The number of para-hydroxylation sites is 2. The third-order valence-corrected chi connectivity index (χ3v) is 5.76. The first-order valence-electron chi connectivity index (χ1n) is 9.99. The fourth-order valence-corrected chi connectivity index (χ4v) is 4.27. The summed E-state index contributed by atoms with van der Waals surface area (Å²) in [6.45, 7) is 6.14.